The molecule has 1 aliphatic heterocycles. The minimum absolute atomic E-state index is 0.0183. The van der Waals surface area contributed by atoms with E-state index in [1.165, 1.54) is 6.07 Å². The van der Waals surface area contributed by atoms with Crippen LogP contribution < -0.4 is 4.90 Å². The fourth-order valence-electron chi connectivity index (χ4n) is 2.73. The topological polar surface area (TPSA) is 33.2 Å². The quantitative estimate of drug-likeness (QED) is 0.797. The molecule has 0 radical (unpaired) electrons. The smallest absolute Gasteiger partial charge is 0.236 e. The Morgan fingerprint density at radius 2 is 2.05 bits per heavy atom. The number of likely N-dealkylation sites (N-methyl/N-ethyl adjacent to an activating group) is 1. The first-order chi connectivity index (χ1) is 9.43. The van der Waals surface area contributed by atoms with Crippen LogP contribution in [0.4, 0.5) is 10.1 Å². The van der Waals surface area contributed by atoms with Gasteiger partial charge in [0, 0.05) is 36.3 Å². The van der Waals surface area contributed by atoms with Crippen LogP contribution in [0, 0.1) is 5.82 Å². The van der Waals surface area contributed by atoms with Crippen molar-refractivity contribution >= 4 is 11.6 Å². The molecule has 1 aromatic carbocycles. The zero-order valence-corrected chi connectivity index (χ0v) is 11.6. The van der Waals surface area contributed by atoms with Crippen LogP contribution in [0.2, 0.25) is 0 Å². The normalized spacial score (nSPS) is 16.4. The van der Waals surface area contributed by atoms with Gasteiger partial charge in [0.05, 0.1) is 5.41 Å². The van der Waals surface area contributed by atoms with Crippen molar-refractivity contribution < 1.29 is 9.18 Å². The molecule has 0 N–H and O–H groups in total. The third-order valence-electron chi connectivity index (χ3n) is 3.93. The van der Waals surface area contributed by atoms with Gasteiger partial charge in [-0.15, -0.1) is 0 Å². The number of hydrogen-bond acceptors (Lipinski definition) is 2. The molecule has 0 atom stereocenters. The summed E-state index contributed by atoms with van der Waals surface area (Å²) < 4.78 is 14.4. The van der Waals surface area contributed by atoms with Crippen molar-refractivity contribution in [1.82, 2.24) is 4.98 Å². The van der Waals surface area contributed by atoms with E-state index in [9.17, 15) is 9.18 Å². The van der Waals surface area contributed by atoms with Crippen LogP contribution in [0.15, 0.2) is 36.7 Å². The molecule has 3 nitrogen and oxygen atoms in total. The Balaban J connectivity index is 2.23. The Bertz CT molecular complexity index is 695. The van der Waals surface area contributed by atoms with E-state index in [1.807, 2.05) is 13.8 Å². The van der Waals surface area contributed by atoms with E-state index in [-0.39, 0.29) is 11.7 Å². The number of pyridine rings is 1. The fraction of sp³-hybridized carbons (Fsp3) is 0.250. The van der Waals surface area contributed by atoms with Crippen molar-refractivity contribution in [1.29, 1.82) is 0 Å². The monoisotopic (exact) mass is 270 g/mol. The van der Waals surface area contributed by atoms with Crippen molar-refractivity contribution in [2.75, 3.05) is 11.9 Å². The Morgan fingerprint density at radius 3 is 2.70 bits per heavy atom. The van der Waals surface area contributed by atoms with E-state index in [1.54, 1.807) is 42.5 Å². The molecule has 0 saturated carbocycles. The van der Waals surface area contributed by atoms with Crippen LogP contribution in [0.25, 0.3) is 11.1 Å². The van der Waals surface area contributed by atoms with E-state index in [0.717, 1.165) is 11.3 Å². The number of amides is 1. The molecule has 2 heterocycles. The number of hydrogen-bond donors (Lipinski definition) is 0. The molecule has 0 aliphatic carbocycles. The Morgan fingerprint density at radius 1 is 1.30 bits per heavy atom. The highest BCUT2D eigenvalue weighted by Crippen LogP contribution is 2.43. The lowest BCUT2D eigenvalue weighted by atomic mass is 9.85. The zero-order chi connectivity index (χ0) is 14.5. The molecule has 0 bridgehead atoms. The molecule has 0 unspecified atom stereocenters. The molecule has 0 fully saturated rings. The Labute approximate surface area is 117 Å². The summed E-state index contributed by atoms with van der Waals surface area (Å²) in [7, 11) is 1.72. The van der Waals surface area contributed by atoms with Gasteiger partial charge in [0.1, 0.15) is 5.82 Å². The number of fused-ring (bicyclic) bond motifs is 1. The molecule has 2 aromatic rings. The maximum absolute atomic E-state index is 14.4. The van der Waals surface area contributed by atoms with Crippen molar-refractivity contribution in [2.24, 2.45) is 0 Å². The number of carbonyl (C=O) groups is 1. The summed E-state index contributed by atoms with van der Waals surface area (Å²) in [6.07, 6.45) is 3.26. The van der Waals surface area contributed by atoms with Crippen molar-refractivity contribution in [2.45, 2.75) is 19.3 Å². The van der Waals surface area contributed by atoms with Crippen LogP contribution >= 0.6 is 0 Å². The fourth-order valence-corrected chi connectivity index (χ4v) is 2.73. The zero-order valence-electron chi connectivity index (χ0n) is 11.6. The van der Waals surface area contributed by atoms with Gasteiger partial charge in [-0.2, -0.15) is 0 Å². The standard InChI is InChI=1S/C16H15FN2O/c1-16(2)12-8-13(17)11(10-5-4-6-18-9-10)7-14(12)19(3)15(16)20/h4-9H,1-3H3. The largest absolute Gasteiger partial charge is 0.314 e. The van der Waals surface area contributed by atoms with Gasteiger partial charge in [0.25, 0.3) is 0 Å². The van der Waals surface area contributed by atoms with Gasteiger partial charge in [-0.1, -0.05) is 6.07 Å². The highest BCUT2D eigenvalue weighted by molar-refractivity contribution is 6.07. The maximum Gasteiger partial charge on any atom is 0.236 e. The summed E-state index contributed by atoms with van der Waals surface area (Å²) in [5.74, 6) is -0.344. The highest BCUT2D eigenvalue weighted by Gasteiger charge is 2.42. The summed E-state index contributed by atoms with van der Waals surface area (Å²) in [6.45, 7) is 3.64. The minimum Gasteiger partial charge on any atom is -0.314 e. The first-order valence-corrected chi connectivity index (χ1v) is 6.45. The number of carbonyl (C=O) groups excluding carboxylic acids is 1. The average Bonchev–Trinajstić information content (AvgIpc) is 2.61. The van der Waals surface area contributed by atoms with Gasteiger partial charge in [0.2, 0.25) is 5.91 Å². The molecule has 3 rings (SSSR count). The lowest BCUT2D eigenvalue weighted by Gasteiger charge is -2.16. The van der Waals surface area contributed by atoms with Gasteiger partial charge in [-0.25, -0.2) is 4.39 Å². The summed E-state index contributed by atoms with van der Waals surface area (Å²) in [5.41, 5.74) is 1.99. The SMILES string of the molecule is CN1C(=O)C(C)(C)c2cc(F)c(-c3cccnc3)cc21. The molecule has 0 spiro atoms. The number of aromatic nitrogens is 1. The number of rotatable bonds is 1. The average molecular weight is 270 g/mol. The molecule has 0 saturated heterocycles. The lowest BCUT2D eigenvalue weighted by Crippen LogP contribution is -2.33. The van der Waals surface area contributed by atoms with Gasteiger partial charge in [0.15, 0.2) is 0 Å². The van der Waals surface area contributed by atoms with Crippen LogP contribution in [0.3, 0.4) is 0 Å². The number of anilines is 1. The maximum atomic E-state index is 14.4. The van der Waals surface area contributed by atoms with Crippen LogP contribution in [-0.4, -0.2) is 17.9 Å². The minimum atomic E-state index is -0.682. The van der Waals surface area contributed by atoms with E-state index >= 15 is 0 Å². The third kappa shape index (κ3) is 1.64. The van der Waals surface area contributed by atoms with E-state index in [4.69, 9.17) is 0 Å². The number of nitrogens with zero attached hydrogens (tertiary/aromatic N) is 2. The number of halogens is 1. The van der Waals surface area contributed by atoms with Crippen LogP contribution in [0.1, 0.15) is 19.4 Å². The van der Waals surface area contributed by atoms with Crippen molar-refractivity contribution in [3.05, 3.63) is 48.0 Å². The summed E-state index contributed by atoms with van der Waals surface area (Å²) in [4.78, 5) is 17.8. The second-order valence-corrected chi connectivity index (χ2v) is 5.58. The van der Waals surface area contributed by atoms with Crippen molar-refractivity contribution in [3.63, 3.8) is 0 Å². The number of benzene rings is 1. The molecular formula is C16H15FN2O. The molecule has 1 amide bonds. The summed E-state index contributed by atoms with van der Waals surface area (Å²) in [6, 6.07) is 6.77. The van der Waals surface area contributed by atoms with Gasteiger partial charge in [-0.05, 0) is 37.6 Å². The molecular weight excluding hydrogens is 255 g/mol. The Hall–Kier alpha value is -2.23. The second-order valence-electron chi connectivity index (χ2n) is 5.58. The lowest BCUT2D eigenvalue weighted by molar-refractivity contribution is -0.121. The highest BCUT2D eigenvalue weighted by atomic mass is 19.1. The summed E-state index contributed by atoms with van der Waals surface area (Å²) in [5, 5.41) is 0. The first kappa shape index (κ1) is 12.8. The molecule has 1 aromatic heterocycles. The summed E-state index contributed by atoms with van der Waals surface area (Å²) >= 11 is 0. The van der Waals surface area contributed by atoms with Crippen LogP contribution in [-0.2, 0) is 10.2 Å². The molecule has 102 valence electrons. The van der Waals surface area contributed by atoms with Gasteiger partial charge >= 0.3 is 0 Å². The van der Waals surface area contributed by atoms with E-state index < -0.39 is 5.41 Å². The predicted octanol–water partition coefficient (Wildman–Crippen LogP) is 3.14. The van der Waals surface area contributed by atoms with E-state index in [0.29, 0.717) is 11.1 Å². The van der Waals surface area contributed by atoms with Crippen LogP contribution in [0.5, 0.6) is 0 Å². The second kappa shape index (κ2) is 4.13. The predicted molar refractivity (Wildman–Crippen MR) is 76.1 cm³/mol. The third-order valence-corrected chi connectivity index (χ3v) is 3.93. The Kier molecular flexibility index (Phi) is 2.64. The van der Waals surface area contributed by atoms with E-state index in [2.05, 4.69) is 4.98 Å². The van der Waals surface area contributed by atoms with Crippen molar-refractivity contribution in [3.8, 4) is 11.1 Å². The van der Waals surface area contributed by atoms with Gasteiger partial charge < -0.3 is 4.90 Å². The molecule has 4 heteroatoms. The molecule has 20 heavy (non-hydrogen) atoms. The van der Waals surface area contributed by atoms with Gasteiger partial charge in [-0.3, -0.25) is 9.78 Å². The first-order valence-electron chi connectivity index (χ1n) is 6.45. The molecule has 1 aliphatic rings.